The summed E-state index contributed by atoms with van der Waals surface area (Å²) >= 11 is 1.59. The molecule has 4 rings (SSSR count). The van der Waals surface area contributed by atoms with E-state index < -0.39 is 9.84 Å². The van der Waals surface area contributed by atoms with E-state index in [0.29, 0.717) is 18.7 Å². The third kappa shape index (κ3) is 3.62. The SMILES string of the molecule is Cc1ccsc1CN(C(=O)c1oc2c(C)c(C)ccc2c1C)[C@@H]1CCS(=O)(=O)C1. The largest absolute Gasteiger partial charge is 0.450 e. The fourth-order valence-corrected chi connectivity index (χ4v) is 6.60. The summed E-state index contributed by atoms with van der Waals surface area (Å²) in [6.45, 7) is 8.32. The minimum atomic E-state index is -3.11. The van der Waals surface area contributed by atoms with Crippen LogP contribution in [-0.2, 0) is 16.4 Å². The Morgan fingerprint density at radius 1 is 1.14 bits per heavy atom. The minimum Gasteiger partial charge on any atom is -0.450 e. The van der Waals surface area contributed by atoms with Crippen LogP contribution in [0, 0.1) is 27.7 Å². The van der Waals surface area contributed by atoms with Crippen LogP contribution in [0.4, 0.5) is 0 Å². The van der Waals surface area contributed by atoms with Crippen LogP contribution in [0.5, 0.6) is 0 Å². The number of carbonyl (C=O) groups is 1. The van der Waals surface area contributed by atoms with E-state index in [2.05, 4.69) is 0 Å². The van der Waals surface area contributed by atoms with Crippen molar-refractivity contribution in [2.75, 3.05) is 11.5 Å². The summed E-state index contributed by atoms with van der Waals surface area (Å²) < 4.78 is 30.3. The lowest BCUT2D eigenvalue weighted by molar-refractivity contribution is 0.0651. The van der Waals surface area contributed by atoms with E-state index in [1.54, 1.807) is 16.2 Å². The van der Waals surface area contributed by atoms with E-state index in [9.17, 15) is 13.2 Å². The predicted octanol–water partition coefficient (Wildman–Crippen LogP) is 4.56. The first kappa shape index (κ1) is 20.2. The van der Waals surface area contributed by atoms with Gasteiger partial charge in [0.1, 0.15) is 5.58 Å². The third-order valence-electron chi connectivity index (χ3n) is 6.01. The summed E-state index contributed by atoms with van der Waals surface area (Å²) in [6.07, 6.45) is 0.468. The number of rotatable bonds is 4. The molecule has 1 atom stereocenters. The minimum absolute atomic E-state index is 0.0145. The highest BCUT2D eigenvalue weighted by atomic mass is 32.2. The van der Waals surface area contributed by atoms with Gasteiger partial charge in [0.25, 0.3) is 5.91 Å². The van der Waals surface area contributed by atoms with Crippen molar-refractivity contribution in [1.29, 1.82) is 0 Å². The molecule has 0 spiro atoms. The van der Waals surface area contributed by atoms with Gasteiger partial charge in [0.15, 0.2) is 15.6 Å². The van der Waals surface area contributed by atoms with Gasteiger partial charge in [0.2, 0.25) is 0 Å². The topological polar surface area (TPSA) is 67.6 Å². The third-order valence-corrected chi connectivity index (χ3v) is 8.77. The van der Waals surface area contributed by atoms with Gasteiger partial charge in [-0.25, -0.2) is 8.42 Å². The van der Waals surface area contributed by atoms with Gasteiger partial charge < -0.3 is 9.32 Å². The number of thiophene rings is 1. The average Bonchev–Trinajstić information content (AvgIpc) is 3.33. The zero-order valence-electron chi connectivity index (χ0n) is 17.1. The standard InChI is InChI=1S/C22H25NO4S2/c1-13-5-6-18-16(4)21(27-20(18)15(13)3)22(24)23(11-19-14(2)7-9-28-19)17-8-10-29(25,26)12-17/h5-7,9,17H,8,10-12H2,1-4H3/t17-/m1/s1. The second kappa shape index (κ2) is 7.29. The second-order valence-electron chi connectivity index (χ2n) is 7.96. The van der Waals surface area contributed by atoms with E-state index in [0.717, 1.165) is 38.1 Å². The molecule has 1 aliphatic heterocycles. The summed E-state index contributed by atoms with van der Waals surface area (Å²) in [4.78, 5) is 16.4. The van der Waals surface area contributed by atoms with Crippen LogP contribution < -0.4 is 0 Å². The number of carbonyl (C=O) groups excluding carboxylic acids is 1. The lowest BCUT2D eigenvalue weighted by atomic mass is 10.0. The molecule has 0 bridgehead atoms. The molecule has 3 aromatic rings. The zero-order chi connectivity index (χ0) is 20.9. The van der Waals surface area contributed by atoms with Crippen LogP contribution in [0.1, 0.15) is 44.1 Å². The van der Waals surface area contributed by atoms with Gasteiger partial charge in [-0.2, -0.15) is 0 Å². The Balaban J connectivity index is 1.77. The van der Waals surface area contributed by atoms with Crippen molar-refractivity contribution in [2.24, 2.45) is 0 Å². The Morgan fingerprint density at radius 3 is 2.52 bits per heavy atom. The Kier molecular flexibility index (Phi) is 5.07. The normalized spacial score (nSPS) is 18.4. The molecule has 1 fully saturated rings. The molecule has 0 saturated carbocycles. The van der Waals surface area contributed by atoms with Crippen LogP contribution in [0.25, 0.3) is 11.0 Å². The number of benzene rings is 1. The summed E-state index contributed by atoms with van der Waals surface area (Å²) in [5, 5.41) is 2.93. The Morgan fingerprint density at radius 2 is 1.90 bits per heavy atom. The molecule has 0 unspecified atom stereocenters. The number of nitrogens with zero attached hydrogens (tertiary/aromatic N) is 1. The molecule has 0 radical (unpaired) electrons. The maximum atomic E-state index is 13.6. The number of sulfone groups is 1. The summed E-state index contributed by atoms with van der Waals surface area (Å²) in [5.74, 6) is 0.223. The van der Waals surface area contributed by atoms with Gasteiger partial charge in [-0.1, -0.05) is 12.1 Å². The Hall–Kier alpha value is -2.12. The van der Waals surface area contributed by atoms with E-state index in [1.807, 2.05) is 51.3 Å². The molecule has 1 amide bonds. The molecular formula is C22H25NO4S2. The van der Waals surface area contributed by atoms with Gasteiger partial charge in [-0.15, -0.1) is 11.3 Å². The predicted molar refractivity (Wildman–Crippen MR) is 116 cm³/mol. The average molecular weight is 432 g/mol. The van der Waals surface area contributed by atoms with Gasteiger partial charge in [-0.3, -0.25) is 4.79 Å². The number of amides is 1. The number of aryl methyl sites for hydroxylation is 4. The van der Waals surface area contributed by atoms with Gasteiger partial charge in [-0.05, 0) is 62.3 Å². The number of furan rings is 1. The van der Waals surface area contributed by atoms with Gasteiger partial charge >= 0.3 is 0 Å². The molecular weight excluding hydrogens is 406 g/mol. The van der Waals surface area contributed by atoms with E-state index in [1.165, 1.54) is 0 Å². The molecule has 29 heavy (non-hydrogen) atoms. The van der Waals surface area contributed by atoms with Crippen LogP contribution in [0.3, 0.4) is 0 Å². The molecule has 0 N–H and O–H groups in total. The molecule has 1 aromatic carbocycles. The number of fused-ring (bicyclic) bond motifs is 1. The first-order chi connectivity index (χ1) is 13.7. The lowest BCUT2D eigenvalue weighted by Crippen LogP contribution is -2.40. The van der Waals surface area contributed by atoms with Crippen molar-refractivity contribution >= 4 is 38.1 Å². The molecule has 3 heterocycles. The molecule has 154 valence electrons. The molecule has 0 aliphatic carbocycles. The number of hydrogen-bond acceptors (Lipinski definition) is 5. The summed E-state index contributed by atoms with van der Waals surface area (Å²) in [7, 11) is -3.11. The molecule has 1 saturated heterocycles. The van der Waals surface area contributed by atoms with Crippen LogP contribution >= 0.6 is 11.3 Å². The summed E-state index contributed by atoms with van der Waals surface area (Å²) in [6, 6.07) is 5.71. The highest BCUT2D eigenvalue weighted by molar-refractivity contribution is 7.91. The van der Waals surface area contributed by atoms with Gasteiger partial charge in [0, 0.05) is 21.9 Å². The summed E-state index contributed by atoms with van der Waals surface area (Å²) in [5.41, 5.74) is 4.78. The van der Waals surface area contributed by atoms with Crippen LogP contribution in [0.2, 0.25) is 0 Å². The van der Waals surface area contributed by atoms with E-state index >= 15 is 0 Å². The van der Waals surface area contributed by atoms with Crippen LogP contribution in [0.15, 0.2) is 28.0 Å². The maximum absolute atomic E-state index is 13.6. The quantitative estimate of drug-likeness (QED) is 0.607. The van der Waals surface area contributed by atoms with E-state index in [4.69, 9.17) is 4.42 Å². The van der Waals surface area contributed by atoms with E-state index in [-0.39, 0.29) is 23.5 Å². The fraction of sp³-hybridized carbons (Fsp3) is 0.409. The monoisotopic (exact) mass is 431 g/mol. The Labute approximate surface area is 175 Å². The van der Waals surface area contributed by atoms with Gasteiger partial charge in [0.05, 0.1) is 18.1 Å². The molecule has 1 aliphatic rings. The number of hydrogen-bond donors (Lipinski definition) is 0. The smallest absolute Gasteiger partial charge is 0.290 e. The van der Waals surface area contributed by atoms with Crippen molar-refractivity contribution in [3.05, 3.63) is 56.5 Å². The fourth-order valence-electron chi connectivity index (χ4n) is 3.96. The first-order valence-electron chi connectivity index (χ1n) is 9.71. The van der Waals surface area contributed by atoms with Crippen molar-refractivity contribution in [3.63, 3.8) is 0 Å². The molecule has 2 aromatic heterocycles. The van der Waals surface area contributed by atoms with Crippen molar-refractivity contribution in [3.8, 4) is 0 Å². The van der Waals surface area contributed by atoms with Crippen molar-refractivity contribution in [1.82, 2.24) is 4.90 Å². The van der Waals surface area contributed by atoms with Crippen molar-refractivity contribution in [2.45, 2.75) is 46.7 Å². The second-order valence-corrected chi connectivity index (χ2v) is 11.2. The van der Waals surface area contributed by atoms with Crippen LogP contribution in [-0.4, -0.2) is 36.8 Å². The maximum Gasteiger partial charge on any atom is 0.290 e. The molecule has 5 nitrogen and oxygen atoms in total. The van der Waals surface area contributed by atoms with Crippen molar-refractivity contribution < 1.29 is 17.6 Å². The first-order valence-corrected chi connectivity index (χ1v) is 12.4. The molecule has 7 heteroatoms. The zero-order valence-corrected chi connectivity index (χ0v) is 18.7. The lowest BCUT2D eigenvalue weighted by Gasteiger charge is -2.27. The highest BCUT2D eigenvalue weighted by Gasteiger charge is 2.37. The Bertz CT molecular complexity index is 1200. The highest BCUT2D eigenvalue weighted by Crippen LogP contribution is 2.32.